The van der Waals surface area contributed by atoms with Gasteiger partial charge in [-0.3, -0.25) is 4.79 Å². The summed E-state index contributed by atoms with van der Waals surface area (Å²) < 4.78 is 0. The van der Waals surface area contributed by atoms with Gasteiger partial charge in [-0.15, -0.1) is 0 Å². The first-order chi connectivity index (χ1) is 10.9. The van der Waals surface area contributed by atoms with Crippen LogP contribution in [0.5, 0.6) is 0 Å². The maximum absolute atomic E-state index is 12.2. The third kappa shape index (κ3) is 2.19. The van der Waals surface area contributed by atoms with E-state index in [1.807, 2.05) is 6.92 Å². The van der Waals surface area contributed by atoms with Gasteiger partial charge in [-0.25, -0.2) is 0 Å². The van der Waals surface area contributed by atoms with Crippen molar-refractivity contribution in [1.82, 2.24) is 0 Å². The Morgan fingerprint density at radius 2 is 1.61 bits per heavy atom. The highest BCUT2D eigenvalue weighted by atomic mass is 16.3. The highest BCUT2D eigenvalue weighted by Gasteiger charge is 2.60. The molecule has 0 aromatic carbocycles. The molecule has 4 saturated carbocycles. The van der Waals surface area contributed by atoms with Crippen molar-refractivity contribution >= 4 is 5.78 Å². The van der Waals surface area contributed by atoms with Crippen LogP contribution in [0.1, 0.15) is 78.6 Å². The number of aliphatic hydroxyl groups excluding tert-OH is 1. The Bertz CT molecular complexity index is 500. The first-order valence-electron chi connectivity index (χ1n) is 10.0. The van der Waals surface area contributed by atoms with E-state index in [4.69, 9.17) is 0 Å². The molecule has 0 aromatic rings. The van der Waals surface area contributed by atoms with E-state index in [1.54, 1.807) is 0 Å². The van der Waals surface area contributed by atoms with Crippen molar-refractivity contribution in [2.45, 2.75) is 84.7 Å². The van der Waals surface area contributed by atoms with Crippen LogP contribution in [0.25, 0.3) is 0 Å². The SMILES string of the molecule is CC(=O)[C@@H]1CC[C@@H]2[C@@H]3CC[C@H]4C[C@H](O)CC[C@]4(C)[C@H]3CC[C@@]21C. The molecule has 130 valence electrons. The molecule has 0 spiro atoms. The van der Waals surface area contributed by atoms with Gasteiger partial charge in [-0.05, 0) is 99.2 Å². The molecular weight excluding hydrogens is 284 g/mol. The first-order valence-corrected chi connectivity index (χ1v) is 10.0. The number of carbonyl (C=O) groups is 1. The van der Waals surface area contributed by atoms with Crippen molar-refractivity contribution < 1.29 is 9.90 Å². The Labute approximate surface area is 141 Å². The Morgan fingerprint density at radius 1 is 0.913 bits per heavy atom. The maximum atomic E-state index is 12.2. The lowest BCUT2D eigenvalue weighted by Gasteiger charge is -2.60. The van der Waals surface area contributed by atoms with Crippen LogP contribution in [-0.4, -0.2) is 17.0 Å². The van der Waals surface area contributed by atoms with Crippen LogP contribution in [0.4, 0.5) is 0 Å². The second kappa shape index (κ2) is 5.31. The standard InChI is InChI=1S/C21H34O2/c1-13(22)17-6-7-18-16-5-4-14-12-15(23)8-10-20(14,2)19(16)9-11-21(17,18)3/h14-19,23H,4-12H2,1-3H3/t14-,15+,16-,17-,18+,19-,20-,21+/m0/s1. The topological polar surface area (TPSA) is 37.3 Å². The average Bonchev–Trinajstić information content (AvgIpc) is 2.85. The highest BCUT2D eigenvalue weighted by Crippen LogP contribution is 2.67. The number of fused-ring (bicyclic) bond motifs is 5. The Kier molecular flexibility index (Phi) is 3.72. The molecular formula is C21H34O2. The van der Waals surface area contributed by atoms with Gasteiger partial charge in [0.05, 0.1) is 6.10 Å². The van der Waals surface area contributed by atoms with E-state index < -0.39 is 0 Å². The summed E-state index contributed by atoms with van der Waals surface area (Å²) in [4.78, 5) is 12.2. The van der Waals surface area contributed by atoms with Crippen LogP contribution < -0.4 is 0 Å². The lowest BCUT2D eigenvalue weighted by atomic mass is 9.44. The molecule has 4 fully saturated rings. The molecule has 23 heavy (non-hydrogen) atoms. The largest absolute Gasteiger partial charge is 0.393 e. The van der Waals surface area contributed by atoms with Crippen molar-refractivity contribution in [3.8, 4) is 0 Å². The molecule has 0 heterocycles. The van der Waals surface area contributed by atoms with Gasteiger partial charge in [-0.1, -0.05) is 13.8 Å². The molecule has 0 unspecified atom stereocenters. The number of carbonyl (C=O) groups excluding carboxylic acids is 1. The quantitative estimate of drug-likeness (QED) is 0.767. The van der Waals surface area contributed by atoms with Gasteiger partial charge in [0.15, 0.2) is 0 Å². The van der Waals surface area contributed by atoms with Crippen molar-refractivity contribution in [3.05, 3.63) is 0 Å². The number of hydrogen-bond donors (Lipinski definition) is 1. The second-order valence-corrected chi connectivity index (χ2v) is 9.87. The summed E-state index contributed by atoms with van der Waals surface area (Å²) >= 11 is 0. The minimum Gasteiger partial charge on any atom is -0.393 e. The van der Waals surface area contributed by atoms with Crippen LogP contribution >= 0.6 is 0 Å². The molecule has 8 atom stereocenters. The fourth-order valence-corrected chi connectivity index (χ4v) is 7.90. The van der Waals surface area contributed by atoms with Crippen molar-refractivity contribution in [2.75, 3.05) is 0 Å². The van der Waals surface area contributed by atoms with Gasteiger partial charge < -0.3 is 5.11 Å². The van der Waals surface area contributed by atoms with E-state index in [1.165, 1.54) is 38.5 Å². The molecule has 0 aliphatic heterocycles. The van der Waals surface area contributed by atoms with Gasteiger partial charge in [0.25, 0.3) is 0 Å². The molecule has 4 aliphatic carbocycles. The van der Waals surface area contributed by atoms with Gasteiger partial charge in [-0.2, -0.15) is 0 Å². The van der Waals surface area contributed by atoms with Gasteiger partial charge in [0.2, 0.25) is 0 Å². The molecule has 0 bridgehead atoms. The van der Waals surface area contributed by atoms with Crippen LogP contribution in [-0.2, 0) is 4.79 Å². The van der Waals surface area contributed by atoms with E-state index in [0.717, 1.165) is 42.9 Å². The van der Waals surface area contributed by atoms with Crippen molar-refractivity contribution in [1.29, 1.82) is 0 Å². The zero-order valence-electron chi connectivity index (χ0n) is 15.2. The Hall–Kier alpha value is -0.370. The molecule has 4 rings (SSSR count). The van der Waals surface area contributed by atoms with E-state index in [2.05, 4.69) is 13.8 Å². The predicted octanol–water partition coefficient (Wildman–Crippen LogP) is 4.60. The highest BCUT2D eigenvalue weighted by molar-refractivity contribution is 5.79. The van der Waals surface area contributed by atoms with Gasteiger partial charge >= 0.3 is 0 Å². The monoisotopic (exact) mass is 318 g/mol. The smallest absolute Gasteiger partial charge is 0.133 e. The molecule has 0 aromatic heterocycles. The number of Topliss-reactive ketones (excluding diaryl/α,β-unsaturated/α-hetero) is 1. The summed E-state index contributed by atoms with van der Waals surface area (Å²) in [7, 11) is 0. The molecule has 2 nitrogen and oxygen atoms in total. The summed E-state index contributed by atoms with van der Waals surface area (Å²) in [6, 6.07) is 0. The van der Waals surface area contributed by atoms with Gasteiger partial charge in [0.1, 0.15) is 5.78 Å². The van der Waals surface area contributed by atoms with E-state index in [0.29, 0.717) is 17.1 Å². The zero-order chi connectivity index (χ0) is 16.4. The molecule has 4 aliphatic rings. The van der Waals surface area contributed by atoms with Gasteiger partial charge in [0, 0.05) is 5.92 Å². The molecule has 2 heteroatoms. The van der Waals surface area contributed by atoms with E-state index in [-0.39, 0.29) is 11.5 Å². The third-order valence-corrected chi connectivity index (χ3v) is 9.13. The number of ketones is 1. The summed E-state index contributed by atoms with van der Waals surface area (Å²) in [5.41, 5.74) is 0.738. The van der Waals surface area contributed by atoms with Crippen molar-refractivity contribution in [2.24, 2.45) is 40.4 Å². The fourth-order valence-electron chi connectivity index (χ4n) is 7.90. The summed E-state index contributed by atoms with van der Waals surface area (Å²) in [6.07, 6.45) is 10.9. The zero-order valence-corrected chi connectivity index (χ0v) is 15.2. The maximum Gasteiger partial charge on any atom is 0.133 e. The van der Waals surface area contributed by atoms with Crippen LogP contribution in [0.15, 0.2) is 0 Å². The number of hydrogen-bond acceptors (Lipinski definition) is 2. The number of aliphatic hydroxyl groups is 1. The minimum atomic E-state index is -0.0490. The summed E-state index contributed by atoms with van der Waals surface area (Å²) in [5.74, 6) is 3.97. The summed E-state index contributed by atoms with van der Waals surface area (Å²) in [5, 5.41) is 10.1. The van der Waals surface area contributed by atoms with E-state index >= 15 is 0 Å². The third-order valence-electron chi connectivity index (χ3n) is 9.13. The number of rotatable bonds is 1. The normalized spacial score (nSPS) is 55.7. The fraction of sp³-hybridized carbons (Fsp3) is 0.952. The van der Waals surface area contributed by atoms with Crippen LogP contribution in [0.3, 0.4) is 0 Å². The van der Waals surface area contributed by atoms with Crippen molar-refractivity contribution in [3.63, 3.8) is 0 Å². The van der Waals surface area contributed by atoms with Crippen LogP contribution in [0, 0.1) is 40.4 Å². The second-order valence-electron chi connectivity index (χ2n) is 9.87. The molecule has 0 amide bonds. The molecule has 1 N–H and O–H groups in total. The Balaban J connectivity index is 1.61. The lowest BCUT2D eigenvalue weighted by molar-refractivity contribution is -0.138. The predicted molar refractivity (Wildman–Crippen MR) is 91.9 cm³/mol. The molecule has 0 saturated heterocycles. The minimum absolute atomic E-state index is 0.0490. The molecule has 0 radical (unpaired) electrons. The lowest BCUT2D eigenvalue weighted by Crippen LogP contribution is -2.54. The van der Waals surface area contributed by atoms with E-state index in [9.17, 15) is 9.90 Å². The Morgan fingerprint density at radius 3 is 2.35 bits per heavy atom. The summed E-state index contributed by atoms with van der Waals surface area (Å²) in [6.45, 7) is 6.80. The first kappa shape index (κ1) is 16.1. The van der Waals surface area contributed by atoms with Crippen LogP contribution in [0.2, 0.25) is 0 Å². The average molecular weight is 319 g/mol.